The monoisotopic (exact) mass is 210 g/mol. The maximum absolute atomic E-state index is 11.3. The van der Waals surface area contributed by atoms with Gasteiger partial charge in [0.1, 0.15) is 17.5 Å². The molecule has 0 saturated carbocycles. The van der Waals surface area contributed by atoms with Crippen LogP contribution in [-0.2, 0) is 4.74 Å². The summed E-state index contributed by atoms with van der Waals surface area (Å²) in [5.74, 6) is -0.870. The van der Waals surface area contributed by atoms with Gasteiger partial charge in [0.15, 0.2) is 0 Å². The Kier molecular flexibility index (Phi) is 2.51. The molecule has 1 saturated heterocycles. The zero-order chi connectivity index (χ0) is 10.8. The van der Waals surface area contributed by atoms with E-state index in [4.69, 9.17) is 9.84 Å². The Morgan fingerprint density at radius 3 is 3.00 bits per heavy atom. The van der Waals surface area contributed by atoms with Crippen LogP contribution in [-0.4, -0.2) is 27.7 Å². The van der Waals surface area contributed by atoms with Crippen molar-refractivity contribution in [3.63, 3.8) is 0 Å². The molecule has 1 aromatic rings. The van der Waals surface area contributed by atoms with E-state index in [2.05, 4.69) is 9.97 Å². The predicted molar refractivity (Wildman–Crippen MR) is 49.7 cm³/mol. The Morgan fingerprint density at radius 1 is 1.67 bits per heavy atom. The van der Waals surface area contributed by atoms with Crippen molar-refractivity contribution in [2.45, 2.75) is 18.9 Å². The minimum atomic E-state index is -1.28. The van der Waals surface area contributed by atoms with Crippen molar-refractivity contribution >= 4 is 5.97 Å². The van der Waals surface area contributed by atoms with Gasteiger partial charge in [0.05, 0.1) is 0 Å². The number of carbonyl (C=O) groups is 1. The van der Waals surface area contributed by atoms with Crippen LogP contribution in [0.25, 0.3) is 0 Å². The van der Waals surface area contributed by atoms with Crippen molar-refractivity contribution < 1.29 is 14.6 Å². The number of nitrogens with zero attached hydrogens (tertiary/aromatic N) is 1. The number of nitrogens with one attached hydrogen (secondary N) is 1. The van der Waals surface area contributed by atoms with Gasteiger partial charge in [-0.05, 0) is 12.8 Å². The molecule has 1 fully saturated rings. The normalized spacial score (nSPS) is 20.4. The summed E-state index contributed by atoms with van der Waals surface area (Å²) in [6.07, 6.45) is 2.59. The molecular weight excluding hydrogens is 200 g/mol. The molecule has 1 unspecified atom stereocenters. The van der Waals surface area contributed by atoms with Gasteiger partial charge in [-0.2, -0.15) is 0 Å². The van der Waals surface area contributed by atoms with Gasteiger partial charge in [0, 0.05) is 12.8 Å². The number of ether oxygens (including phenoxy) is 1. The summed E-state index contributed by atoms with van der Waals surface area (Å²) in [6.45, 7) is 0.648. The molecule has 0 aromatic carbocycles. The summed E-state index contributed by atoms with van der Waals surface area (Å²) >= 11 is 0. The zero-order valence-corrected chi connectivity index (χ0v) is 7.90. The number of rotatable bonds is 2. The number of hydrogen-bond donors (Lipinski definition) is 2. The summed E-state index contributed by atoms with van der Waals surface area (Å²) in [6, 6.07) is 0. The number of carboxylic acids is 1. The van der Waals surface area contributed by atoms with Crippen LogP contribution in [0.2, 0.25) is 0 Å². The minimum Gasteiger partial charge on any atom is -0.477 e. The summed E-state index contributed by atoms with van der Waals surface area (Å²) in [5, 5.41) is 8.63. The zero-order valence-electron chi connectivity index (χ0n) is 7.90. The fourth-order valence-electron chi connectivity index (χ4n) is 1.52. The number of carboxylic acid groups (broad SMARTS) is 1. The number of hydrogen-bond acceptors (Lipinski definition) is 4. The van der Waals surface area contributed by atoms with Gasteiger partial charge in [0.25, 0.3) is 5.56 Å². The Labute approximate surface area is 84.9 Å². The van der Waals surface area contributed by atoms with Crippen LogP contribution in [0.1, 0.15) is 35.1 Å². The number of aromatic amines is 1. The fraction of sp³-hybridized carbons (Fsp3) is 0.444. The van der Waals surface area contributed by atoms with Crippen molar-refractivity contribution in [1.82, 2.24) is 9.97 Å². The quantitative estimate of drug-likeness (QED) is 0.733. The lowest BCUT2D eigenvalue weighted by Gasteiger charge is -2.07. The third-order valence-corrected chi connectivity index (χ3v) is 2.28. The average Bonchev–Trinajstić information content (AvgIpc) is 2.69. The first kappa shape index (κ1) is 9.85. The second-order valence-electron chi connectivity index (χ2n) is 3.32. The van der Waals surface area contributed by atoms with Crippen molar-refractivity contribution in [3.8, 4) is 0 Å². The van der Waals surface area contributed by atoms with E-state index in [-0.39, 0.29) is 11.7 Å². The lowest BCUT2D eigenvalue weighted by atomic mass is 10.2. The molecule has 6 nitrogen and oxygen atoms in total. The average molecular weight is 210 g/mol. The minimum absolute atomic E-state index is 0.208. The van der Waals surface area contributed by atoms with Gasteiger partial charge in [-0.1, -0.05) is 0 Å². The highest BCUT2D eigenvalue weighted by molar-refractivity contribution is 5.86. The van der Waals surface area contributed by atoms with E-state index in [0.29, 0.717) is 12.4 Å². The first-order valence-corrected chi connectivity index (χ1v) is 4.62. The van der Waals surface area contributed by atoms with Crippen LogP contribution in [0.4, 0.5) is 0 Å². The molecule has 0 amide bonds. The molecule has 2 rings (SSSR count). The van der Waals surface area contributed by atoms with E-state index in [9.17, 15) is 9.59 Å². The molecule has 80 valence electrons. The molecule has 2 heterocycles. The fourth-order valence-corrected chi connectivity index (χ4v) is 1.52. The second kappa shape index (κ2) is 3.82. The maximum atomic E-state index is 11.3. The SMILES string of the molecule is O=C(O)c1cnc(C2CCCO2)[nH]c1=O. The van der Waals surface area contributed by atoms with Gasteiger partial charge in [-0.25, -0.2) is 9.78 Å². The van der Waals surface area contributed by atoms with Gasteiger partial charge < -0.3 is 14.8 Å². The lowest BCUT2D eigenvalue weighted by molar-refractivity contribution is 0.0693. The van der Waals surface area contributed by atoms with Crippen LogP contribution < -0.4 is 5.56 Å². The highest BCUT2D eigenvalue weighted by Crippen LogP contribution is 2.24. The highest BCUT2D eigenvalue weighted by Gasteiger charge is 2.21. The largest absolute Gasteiger partial charge is 0.477 e. The Bertz CT molecular complexity index is 434. The second-order valence-corrected chi connectivity index (χ2v) is 3.32. The molecule has 6 heteroatoms. The van der Waals surface area contributed by atoms with Gasteiger partial charge in [0.2, 0.25) is 0 Å². The number of aromatic carboxylic acids is 1. The van der Waals surface area contributed by atoms with Crippen LogP contribution in [0.3, 0.4) is 0 Å². The smallest absolute Gasteiger partial charge is 0.342 e. The molecule has 1 aliphatic rings. The molecule has 1 aromatic heterocycles. The van der Waals surface area contributed by atoms with Crippen molar-refractivity contribution in [2.75, 3.05) is 6.61 Å². The molecule has 1 aliphatic heterocycles. The van der Waals surface area contributed by atoms with Crippen LogP contribution >= 0.6 is 0 Å². The van der Waals surface area contributed by atoms with Crippen molar-refractivity contribution in [1.29, 1.82) is 0 Å². The van der Waals surface area contributed by atoms with E-state index in [0.717, 1.165) is 19.0 Å². The van der Waals surface area contributed by atoms with E-state index in [1.807, 2.05) is 0 Å². The summed E-state index contributed by atoms with van der Waals surface area (Å²) in [7, 11) is 0. The number of H-pyrrole nitrogens is 1. The lowest BCUT2D eigenvalue weighted by Crippen LogP contribution is -2.21. The molecule has 0 aliphatic carbocycles. The van der Waals surface area contributed by atoms with Crippen LogP contribution in [0.15, 0.2) is 11.0 Å². The van der Waals surface area contributed by atoms with Gasteiger partial charge in [-0.15, -0.1) is 0 Å². The van der Waals surface area contributed by atoms with Crippen LogP contribution in [0.5, 0.6) is 0 Å². The molecule has 1 atom stereocenters. The summed E-state index contributed by atoms with van der Waals surface area (Å²) in [5.41, 5.74) is -0.986. The highest BCUT2D eigenvalue weighted by atomic mass is 16.5. The van der Waals surface area contributed by atoms with Gasteiger partial charge in [-0.3, -0.25) is 4.79 Å². The first-order valence-electron chi connectivity index (χ1n) is 4.62. The van der Waals surface area contributed by atoms with E-state index in [1.165, 1.54) is 0 Å². The summed E-state index contributed by atoms with van der Waals surface area (Å²) < 4.78 is 5.31. The summed E-state index contributed by atoms with van der Waals surface area (Å²) in [4.78, 5) is 28.2. The predicted octanol–water partition coefficient (Wildman–Crippen LogP) is 0.320. The number of aromatic nitrogens is 2. The Morgan fingerprint density at radius 2 is 2.47 bits per heavy atom. The van der Waals surface area contributed by atoms with E-state index < -0.39 is 11.5 Å². The molecular formula is C9H10N2O4. The molecule has 15 heavy (non-hydrogen) atoms. The molecule has 0 radical (unpaired) electrons. The third kappa shape index (κ3) is 1.89. The van der Waals surface area contributed by atoms with Gasteiger partial charge >= 0.3 is 5.97 Å². The third-order valence-electron chi connectivity index (χ3n) is 2.28. The molecule has 0 bridgehead atoms. The Balaban J connectivity index is 2.32. The standard InChI is InChI=1S/C9H10N2O4/c12-8-5(9(13)14)4-10-7(11-8)6-2-1-3-15-6/h4,6H,1-3H2,(H,13,14)(H,10,11,12). The topological polar surface area (TPSA) is 92.3 Å². The van der Waals surface area contributed by atoms with E-state index in [1.54, 1.807) is 0 Å². The van der Waals surface area contributed by atoms with Crippen molar-refractivity contribution in [2.24, 2.45) is 0 Å². The first-order chi connectivity index (χ1) is 7.18. The molecule has 2 N–H and O–H groups in total. The van der Waals surface area contributed by atoms with E-state index >= 15 is 0 Å². The van der Waals surface area contributed by atoms with Crippen molar-refractivity contribution in [3.05, 3.63) is 27.9 Å². The van der Waals surface area contributed by atoms with Crippen LogP contribution in [0, 0.1) is 0 Å². The Hall–Kier alpha value is -1.69. The maximum Gasteiger partial charge on any atom is 0.342 e. The molecule has 0 spiro atoms.